The molecule has 0 aliphatic rings. The van der Waals surface area contributed by atoms with E-state index in [2.05, 4.69) is 11.4 Å². The molecule has 2 rings (SSSR count). The minimum absolute atomic E-state index is 0.176. The summed E-state index contributed by atoms with van der Waals surface area (Å²) in [4.78, 5) is 13.3. The molecule has 0 fully saturated rings. The summed E-state index contributed by atoms with van der Waals surface area (Å²) in [5.41, 5.74) is 3.33. The maximum atomic E-state index is 12.2. The third-order valence-corrected chi connectivity index (χ3v) is 4.28. The van der Waals surface area contributed by atoms with Crippen molar-refractivity contribution in [3.8, 4) is 6.07 Å². The van der Waals surface area contributed by atoms with Crippen molar-refractivity contribution in [3.63, 3.8) is 0 Å². The molecular formula is C16H16N2OS. The van der Waals surface area contributed by atoms with Gasteiger partial charge < -0.3 is 5.32 Å². The number of aryl methyl sites for hydroxylation is 2. The van der Waals surface area contributed by atoms with E-state index in [1.54, 1.807) is 12.1 Å². The highest BCUT2D eigenvalue weighted by Crippen LogP contribution is 2.33. The Bertz CT molecular complexity index is 678. The van der Waals surface area contributed by atoms with Gasteiger partial charge in [0.2, 0.25) is 0 Å². The number of thiophene rings is 1. The van der Waals surface area contributed by atoms with Gasteiger partial charge in [0.05, 0.1) is 5.56 Å². The molecule has 1 aromatic heterocycles. The Balaban J connectivity index is 2.29. The summed E-state index contributed by atoms with van der Waals surface area (Å²) < 4.78 is 0. The molecule has 0 spiro atoms. The SMILES string of the molecule is CCc1c(C)sc(NC(=O)c2ccc(C)cc2)c1C#N. The van der Waals surface area contributed by atoms with Crippen LogP contribution in [0, 0.1) is 25.2 Å². The van der Waals surface area contributed by atoms with Gasteiger partial charge in [-0.05, 0) is 38.0 Å². The van der Waals surface area contributed by atoms with Gasteiger partial charge in [-0.15, -0.1) is 11.3 Å². The highest BCUT2D eigenvalue weighted by molar-refractivity contribution is 7.16. The third kappa shape index (κ3) is 2.73. The van der Waals surface area contributed by atoms with Gasteiger partial charge >= 0.3 is 0 Å². The minimum Gasteiger partial charge on any atom is -0.312 e. The van der Waals surface area contributed by atoms with Crippen molar-refractivity contribution >= 4 is 22.2 Å². The zero-order valence-corrected chi connectivity index (χ0v) is 12.6. The molecule has 1 N–H and O–H groups in total. The molecular weight excluding hydrogens is 268 g/mol. The van der Waals surface area contributed by atoms with E-state index in [-0.39, 0.29) is 5.91 Å². The molecule has 0 unspecified atom stereocenters. The lowest BCUT2D eigenvalue weighted by atomic mass is 10.1. The molecule has 0 saturated carbocycles. The quantitative estimate of drug-likeness (QED) is 0.924. The first-order valence-electron chi connectivity index (χ1n) is 6.47. The zero-order valence-electron chi connectivity index (χ0n) is 11.8. The zero-order chi connectivity index (χ0) is 14.7. The van der Waals surface area contributed by atoms with Crippen molar-refractivity contribution in [2.45, 2.75) is 27.2 Å². The van der Waals surface area contributed by atoms with Crippen LogP contribution in [0.3, 0.4) is 0 Å². The van der Waals surface area contributed by atoms with Crippen LogP contribution in [-0.2, 0) is 6.42 Å². The molecule has 1 aromatic carbocycles. The molecule has 3 nitrogen and oxygen atoms in total. The van der Waals surface area contributed by atoms with Crippen molar-refractivity contribution in [1.82, 2.24) is 0 Å². The van der Waals surface area contributed by atoms with Gasteiger partial charge in [-0.2, -0.15) is 5.26 Å². The Morgan fingerprint density at radius 1 is 1.30 bits per heavy atom. The van der Waals surface area contributed by atoms with Crippen molar-refractivity contribution in [1.29, 1.82) is 5.26 Å². The maximum absolute atomic E-state index is 12.2. The summed E-state index contributed by atoms with van der Waals surface area (Å²) in [6.07, 6.45) is 0.797. The summed E-state index contributed by atoms with van der Waals surface area (Å²) in [7, 11) is 0. The fraction of sp³-hybridized carbons (Fsp3) is 0.250. The van der Waals surface area contributed by atoms with Gasteiger partial charge in [-0.1, -0.05) is 24.6 Å². The molecule has 0 aliphatic carbocycles. The Labute approximate surface area is 122 Å². The van der Waals surface area contributed by atoms with Gasteiger partial charge in [0.1, 0.15) is 11.1 Å². The average Bonchev–Trinajstić information content (AvgIpc) is 2.74. The van der Waals surface area contributed by atoms with Crippen LogP contribution in [0.2, 0.25) is 0 Å². The lowest BCUT2D eigenvalue weighted by Gasteiger charge is -2.04. The molecule has 102 valence electrons. The smallest absolute Gasteiger partial charge is 0.256 e. The lowest BCUT2D eigenvalue weighted by molar-refractivity contribution is 0.102. The van der Waals surface area contributed by atoms with E-state index in [9.17, 15) is 10.1 Å². The second kappa shape index (κ2) is 5.89. The molecule has 20 heavy (non-hydrogen) atoms. The van der Waals surface area contributed by atoms with E-state index in [0.717, 1.165) is 22.4 Å². The number of nitriles is 1. The second-order valence-corrected chi connectivity index (χ2v) is 5.85. The molecule has 1 heterocycles. The van der Waals surface area contributed by atoms with Crippen LogP contribution in [0.4, 0.5) is 5.00 Å². The molecule has 0 bridgehead atoms. The van der Waals surface area contributed by atoms with Crippen LogP contribution in [0.5, 0.6) is 0 Å². The first kappa shape index (κ1) is 14.3. The van der Waals surface area contributed by atoms with Gasteiger partial charge in [-0.25, -0.2) is 0 Å². The van der Waals surface area contributed by atoms with Gasteiger partial charge in [0, 0.05) is 10.4 Å². The predicted octanol–water partition coefficient (Wildman–Crippen LogP) is 4.05. The van der Waals surface area contributed by atoms with Crippen LogP contribution in [0.15, 0.2) is 24.3 Å². The number of carbonyl (C=O) groups is 1. The first-order valence-corrected chi connectivity index (χ1v) is 7.28. The number of anilines is 1. The van der Waals surface area contributed by atoms with Gasteiger partial charge in [0.25, 0.3) is 5.91 Å². The Morgan fingerprint density at radius 3 is 2.50 bits per heavy atom. The van der Waals surface area contributed by atoms with Crippen molar-refractivity contribution in [3.05, 3.63) is 51.4 Å². The number of hydrogen-bond acceptors (Lipinski definition) is 3. The molecule has 0 aliphatic heterocycles. The Hall–Kier alpha value is -2.12. The van der Waals surface area contributed by atoms with Gasteiger partial charge in [0.15, 0.2) is 0 Å². The van der Waals surface area contributed by atoms with E-state index in [1.165, 1.54) is 11.3 Å². The van der Waals surface area contributed by atoms with Crippen molar-refractivity contribution < 1.29 is 4.79 Å². The van der Waals surface area contributed by atoms with Gasteiger partial charge in [-0.3, -0.25) is 4.79 Å². The first-order chi connectivity index (χ1) is 9.56. The molecule has 1 amide bonds. The fourth-order valence-electron chi connectivity index (χ4n) is 2.09. The van der Waals surface area contributed by atoms with Crippen LogP contribution >= 0.6 is 11.3 Å². The Morgan fingerprint density at radius 2 is 1.95 bits per heavy atom. The maximum Gasteiger partial charge on any atom is 0.256 e. The minimum atomic E-state index is -0.176. The second-order valence-electron chi connectivity index (χ2n) is 4.63. The highest BCUT2D eigenvalue weighted by Gasteiger charge is 2.16. The van der Waals surface area contributed by atoms with Crippen LogP contribution in [-0.4, -0.2) is 5.91 Å². The number of hydrogen-bond donors (Lipinski definition) is 1. The normalized spacial score (nSPS) is 10.1. The Kier molecular flexibility index (Phi) is 4.21. The standard InChI is InChI=1S/C16H16N2OS/c1-4-13-11(3)20-16(14(13)9-17)18-15(19)12-7-5-10(2)6-8-12/h5-8H,4H2,1-3H3,(H,18,19). The number of carbonyl (C=O) groups excluding carboxylic acids is 1. The van der Waals surface area contributed by atoms with Crippen molar-refractivity contribution in [2.75, 3.05) is 5.32 Å². The van der Waals surface area contributed by atoms with Crippen LogP contribution < -0.4 is 5.32 Å². The van der Waals surface area contributed by atoms with E-state index < -0.39 is 0 Å². The predicted molar refractivity (Wildman–Crippen MR) is 82.3 cm³/mol. The highest BCUT2D eigenvalue weighted by atomic mass is 32.1. The van der Waals surface area contributed by atoms with E-state index >= 15 is 0 Å². The summed E-state index contributed by atoms with van der Waals surface area (Å²) in [6.45, 7) is 5.97. The number of nitrogens with zero attached hydrogens (tertiary/aromatic N) is 1. The summed E-state index contributed by atoms with van der Waals surface area (Å²) in [5.74, 6) is -0.176. The number of benzene rings is 1. The average molecular weight is 284 g/mol. The molecule has 0 atom stereocenters. The number of amides is 1. The summed E-state index contributed by atoms with van der Waals surface area (Å²) in [6, 6.07) is 9.58. The fourth-order valence-corrected chi connectivity index (χ4v) is 3.18. The van der Waals surface area contributed by atoms with Crippen molar-refractivity contribution in [2.24, 2.45) is 0 Å². The third-order valence-electron chi connectivity index (χ3n) is 3.22. The van der Waals surface area contributed by atoms with E-state index in [1.807, 2.05) is 32.9 Å². The lowest BCUT2D eigenvalue weighted by Crippen LogP contribution is -2.11. The number of nitrogens with one attached hydrogen (secondary N) is 1. The van der Waals surface area contributed by atoms with Crippen LogP contribution in [0.25, 0.3) is 0 Å². The van der Waals surface area contributed by atoms with E-state index in [4.69, 9.17) is 0 Å². The molecule has 4 heteroatoms. The molecule has 2 aromatic rings. The largest absolute Gasteiger partial charge is 0.312 e. The van der Waals surface area contributed by atoms with Crippen LogP contribution in [0.1, 0.15) is 38.8 Å². The number of rotatable bonds is 3. The monoisotopic (exact) mass is 284 g/mol. The molecule has 0 radical (unpaired) electrons. The summed E-state index contributed by atoms with van der Waals surface area (Å²) in [5, 5.41) is 12.8. The molecule has 0 saturated heterocycles. The topological polar surface area (TPSA) is 52.9 Å². The summed E-state index contributed by atoms with van der Waals surface area (Å²) >= 11 is 1.46. The van der Waals surface area contributed by atoms with E-state index in [0.29, 0.717) is 16.1 Å².